The fraction of sp³-hybridized carbons (Fsp3) is 0.222. The Hall–Kier alpha value is -2.40. The van der Waals surface area contributed by atoms with Crippen LogP contribution in [-0.4, -0.2) is 29.2 Å². The number of nitrogens with zero attached hydrogens (tertiary/aromatic N) is 3. The lowest BCUT2D eigenvalue weighted by Crippen LogP contribution is -2.25. The minimum atomic E-state index is -0.288. The highest BCUT2D eigenvalue weighted by molar-refractivity contribution is 6.30. The van der Waals surface area contributed by atoms with Crippen molar-refractivity contribution >= 4 is 28.3 Å². The Kier molecular flexibility index (Phi) is 3.94. The molecule has 1 aliphatic heterocycles. The Balaban J connectivity index is 1.56. The normalized spacial score (nSPS) is 17.4. The topological polar surface area (TPSA) is 38.2 Å². The molecule has 1 fully saturated rings. The molecule has 0 aliphatic carbocycles. The Morgan fingerprint density at radius 3 is 2.96 bits per heavy atom. The SMILES string of the molecule is Fc1ccc2ncnc(N3CCC(Oc4cccc(Cl)c4)C3)c2c1. The second-order valence-corrected chi connectivity index (χ2v) is 6.23. The number of rotatable bonds is 3. The molecule has 0 N–H and O–H groups in total. The maximum atomic E-state index is 13.6. The van der Waals surface area contributed by atoms with Gasteiger partial charge in [0.2, 0.25) is 0 Å². The number of fused-ring (bicyclic) bond motifs is 1. The minimum Gasteiger partial charge on any atom is -0.488 e. The molecular weight excluding hydrogens is 329 g/mol. The molecule has 0 saturated carbocycles. The molecule has 1 aromatic heterocycles. The third-order valence-electron chi connectivity index (χ3n) is 4.12. The zero-order valence-electron chi connectivity index (χ0n) is 12.8. The molecule has 1 unspecified atom stereocenters. The maximum Gasteiger partial charge on any atom is 0.140 e. The van der Waals surface area contributed by atoms with E-state index >= 15 is 0 Å². The summed E-state index contributed by atoms with van der Waals surface area (Å²) in [6, 6.07) is 11.9. The Morgan fingerprint density at radius 1 is 1.17 bits per heavy atom. The molecule has 4 rings (SSSR count). The largest absolute Gasteiger partial charge is 0.488 e. The van der Waals surface area contributed by atoms with Crippen LogP contribution in [0.1, 0.15) is 6.42 Å². The lowest BCUT2D eigenvalue weighted by Gasteiger charge is -2.19. The van der Waals surface area contributed by atoms with Crippen molar-refractivity contribution in [1.29, 1.82) is 0 Å². The van der Waals surface area contributed by atoms with Crippen molar-refractivity contribution in [2.45, 2.75) is 12.5 Å². The summed E-state index contributed by atoms with van der Waals surface area (Å²) in [5.41, 5.74) is 0.737. The molecule has 3 aromatic rings. The van der Waals surface area contributed by atoms with Crippen LogP contribution in [0.15, 0.2) is 48.8 Å². The fourth-order valence-electron chi connectivity index (χ4n) is 3.02. The lowest BCUT2D eigenvalue weighted by molar-refractivity contribution is 0.225. The molecule has 0 spiro atoms. The number of anilines is 1. The molecule has 1 saturated heterocycles. The van der Waals surface area contributed by atoms with Gasteiger partial charge < -0.3 is 9.64 Å². The van der Waals surface area contributed by atoms with E-state index in [4.69, 9.17) is 16.3 Å². The predicted octanol–water partition coefficient (Wildman–Crippen LogP) is 4.08. The summed E-state index contributed by atoms with van der Waals surface area (Å²) in [4.78, 5) is 10.7. The Labute approximate surface area is 143 Å². The van der Waals surface area contributed by atoms with Crippen LogP contribution in [0.2, 0.25) is 5.02 Å². The molecule has 0 amide bonds. The van der Waals surface area contributed by atoms with Gasteiger partial charge in [-0.1, -0.05) is 17.7 Å². The summed E-state index contributed by atoms with van der Waals surface area (Å²) in [5.74, 6) is 1.22. The van der Waals surface area contributed by atoms with Crippen LogP contribution in [0.4, 0.5) is 10.2 Å². The summed E-state index contributed by atoms with van der Waals surface area (Å²) in [7, 11) is 0. The molecule has 1 aliphatic rings. The third kappa shape index (κ3) is 2.99. The molecule has 1 atom stereocenters. The van der Waals surface area contributed by atoms with Crippen molar-refractivity contribution < 1.29 is 9.13 Å². The van der Waals surface area contributed by atoms with E-state index in [1.165, 1.54) is 18.5 Å². The zero-order valence-corrected chi connectivity index (χ0v) is 13.6. The Morgan fingerprint density at radius 2 is 2.08 bits per heavy atom. The first kappa shape index (κ1) is 15.1. The molecule has 24 heavy (non-hydrogen) atoms. The van der Waals surface area contributed by atoms with E-state index in [-0.39, 0.29) is 11.9 Å². The van der Waals surface area contributed by atoms with Gasteiger partial charge in [0.05, 0.1) is 12.1 Å². The minimum absolute atomic E-state index is 0.0436. The standard InChI is InChI=1S/C18H15ClFN3O/c19-12-2-1-3-14(8-12)24-15-6-7-23(10-15)18-16-9-13(20)4-5-17(16)21-11-22-18/h1-5,8-9,11,15H,6-7,10H2. The molecule has 4 nitrogen and oxygen atoms in total. The van der Waals surface area contributed by atoms with E-state index < -0.39 is 0 Å². The molecule has 0 radical (unpaired) electrons. The highest BCUT2D eigenvalue weighted by Crippen LogP contribution is 2.28. The Bertz CT molecular complexity index is 889. The molecule has 6 heteroatoms. The molecule has 122 valence electrons. The van der Waals surface area contributed by atoms with Gasteiger partial charge in [-0.15, -0.1) is 0 Å². The van der Waals surface area contributed by atoms with Gasteiger partial charge in [-0.2, -0.15) is 0 Å². The van der Waals surface area contributed by atoms with Gasteiger partial charge in [0, 0.05) is 23.4 Å². The van der Waals surface area contributed by atoms with E-state index in [0.717, 1.165) is 35.4 Å². The third-order valence-corrected chi connectivity index (χ3v) is 4.35. The number of hydrogen-bond acceptors (Lipinski definition) is 4. The number of ether oxygens (including phenoxy) is 1. The van der Waals surface area contributed by atoms with Gasteiger partial charge in [0.1, 0.15) is 29.8 Å². The molecule has 2 aromatic carbocycles. The monoisotopic (exact) mass is 343 g/mol. The molecular formula is C18H15ClFN3O. The summed E-state index contributed by atoms with van der Waals surface area (Å²) < 4.78 is 19.6. The van der Waals surface area contributed by atoms with E-state index in [0.29, 0.717) is 11.6 Å². The average Bonchev–Trinajstić information content (AvgIpc) is 3.02. The van der Waals surface area contributed by atoms with Crippen LogP contribution in [0.25, 0.3) is 10.9 Å². The summed E-state index contributed by atoms with van der Waals surface area (Å²) in [5, 5.41) is 1.38. The number of benzene rings is 2. The highest BCUT2D eigenvalue weighted by Gasteiger charge is 2.26. The average molecular weight is 344 g/mol. The fourth-order valence-corrected chi connectivity index (χ4v) is 3.20. The first-order valence-electron chi connectivity index (χ1n) is 7.76. The van der Waals surface area contributed by atoms with Gasteiger partial charge in [-0.25, -0.2) is 14.4 Å². The van der Waals surface area contributed by atoms with Crippen molar-refractivity contribution in [3.8, 4) is 5.75 Å². The summed E-state index contributed by atoms with van der Waals surface area (Å²) >= 11 is 5.99. The van der Waals surface area contributed by atoms with Gasteiger partial charge in [-0.3, -0.25) is 0 Å². The van der Waals surface area contributed by atoms with E-state index in [1.54, 1.807) is 12.1 Å². The highest BCUT2D eigenvalue weighted by atomic mass is 35.5. The molecule has 0 bridgehead atoms. The quantitative estimate of drug-likeness (QED) is 0.718. The van der Waals surface area contributed by atoms with Gasteiger partial charge >= 0.3 is 0 Å². The van der Waals surface area contributed by atoms with Crippen LogP contribution in [-0.2, 0) is 0 Å². The number of halogens is 2. The predicted molar refractivity (Wildman–Crippen MR) is 92.2 cm³/mol. The van der Waals surface area contributed by atoms with Gasteiger partial charge in [0.25, 0.3) is 0 Å². The molecule has 2 heterocycles. The second-order valence-electron chi connectivity index (χ2n) is 5.79. The van der Waals surface area contributed by atoms with Crippen molar-refractivity contribution in [2.24, 2.45) is 0 Å². The van der Waals surface area contributed by atoms with Crippen LogP contribution in [0.3, 0.4) is 0 Å². The summed E-state index contributed by atoms with van der Waals surface area (Å²) in [6.45, 7) is 1.49. The van der Waals surface area contributed by atoms with Crippen molar-refractivity contribution in [1.82, 2.24) is 9.97 Å². The van der Waals surface area contributed by atoms with E-state index in [9.17, 15) is 4.39 Å². The smallest absolute Gasteiger partial charge is 0.140 e. The van der Waals surface area contributed by atoms with Crippen molar-refractivity contribution in [3.05, 3.63) is 59.6 Å². The van der Waals surface area contributed by atoms with Crippen molar-refractivity contribution in [3.63, 3.8) is 0 Å². The van der Waals surface area contributed by atoms with Gasteiger partial charge in [-0.05, 0) is 36.4 Å². The number of aromatic nitrogens is 2. The van der Waals surface area contributed by atoms with Gasteiger partial charge in [0.15, 0.2) is 0 Å². The second kappa shape index (κ2) is 6.24. The summed E-state index contributed by atoms with van der Waals surface area (Å²) in [6.07, 6.45) is 2.43. The van der Waals surface area contributed by atoms with Crippen LogP contribution >= 0.6 is 11.6 Å². The first-order valence-corrected chi connectivity index (χ1v) is 8.14. The lowest BCUT2D eigenvalue weighted by atomic mass is 10.2. The number of hydrogen-bond donors (Lipinski definition) is 0. The zero-order chi connectivity index (χ0) is 16.5. The maximum absolute atomic E-state index is 13.6. The van der Waals surface area contributed by atoms with Crippen LogP contribution < -0.4 is 9.64 Å². The first-order chi connectivity index (χ1) is 11.7. The van der Waals surface area contributed by atoms with E-state index in [1.807, 2.05) is 18.2 Å². The van der Waals surface area contributed by atoms with Crippen LogP contribution in [0, 0.1) is 5.82 Å². The van der Waals surface area contributed by atoms with Crippen molar-refractivity contribution in [2.75, 3.05) is 18.0 Å². The van der Waals surface area contributed by atoms with E-state index in [2.05, 4.69) is 14.9 Å². The van der Waals surface area contributed by atoms with Crippen LogP contribution in [0.5, 0.6) is 5.75 Å².